The van der Waals surface area contributed by atoms with E-state index in [4.69, 9.17) is 0 Å². The van der Waals surface area contributed by atoms with Crippen LogP contribution in [0.3, 0.4) is 0 Å². The molecule has 1 nitrogen and oxygen atoms in total. The molecule has 1 aromatic rings. The van der Waals surface area contributed by atoms with Gasteiger partial charge in [0.15, 0.2) is 0 Å². The van der Waals surface area contributed by atoms with Gasteiger partial charge in [-0.1, -0.05) is 67.8 Å². The summed E-state index contributed by atoms with van der Waals surface area (Å²) in [4.78, 5) is 4.67. The molecule has 1 atom stereocenters. The lowest BCUT2D eigenvalue weighted by Gasteiger charge is -2.09. The first-order valence-electron chi connectivity index (χ1n) is 7.36. The molecule has 0 amide bonds. The molecular formula is C16H26BrN. The molecule has 0 aliphatic rings. The number of hydrogen-bond donors (Lipinski definition) is 0. The first-order chi connectivity index (χ1) is 8.83. The van der Waals surface area contributed by atoms with E-state index in [2.05, 4.69) is 40.0 Å². The summed E-state index contributed by atoms with van der Waals surface area (Å²) < 4.78 is 0. The summed E-state index contributed by atoms with van der Waals surface area (Å²) in [5.74, 6) is 0. The zero-order valence-corrected chi connectivity index (χ0v) is 13.2. The van der Waals surface area contributed by atoms with Gasteiger partial charge in [-0.3, -0.25) is 4.98 Å². The van der Waals surface area contributed by atoms with Crippen molar-refractivity contribution in [1.82, 2.24) is 4.98 Å². The van der Waals surface area contributed by atoms with E-state index in [0.717, 1.165) is 6.42 Å². The minimum Gasteiger partial charge on any atom is -0.265 e. The lowest BCUT2D eigenvalue weighted by atomic mass is 10.0. The molecule has 1 unspecified atom stereocenters. The summed E-state index contributed by atoms with van der Waals surface area (Å²) in [5, 5.41) is 0. The number of alkyl halides is 1. The molecule has 102 valence electrons. The molecule has 0 spiro atoms. The predicted molar refractivity (Wildman–Crippen MR) is 83.3 cm³/mol. The lowest BCUT2D eigenvalue weighted by molar-refractivity contribution is 0.570. The van der Waals surface area contributed by atoms with Gasteiger partial charge in [-0.2, -0.15) is 0 Å². The fourth-order valence-electron chi connectivity index (χ4n) is 2.20. The van der Waals surface area contributed by atoms with Crippen molar-refractivity contribution >= 4 is 15.9 Å². The van der Waals surface area contributed by atoms with Crippen molar-refractivity contribution in [3.8, 4) is 0 Å². The maximum absolute atomic E-state index is 4.05. The molecule has 2 heteroatoms. The van der Waals surface area contributed by atoms with Crippen molar-refractivity contribution in [2.24, 2.45) is 0 Å². The molecule has 18 heavy (non-hydrogen) atoms. The lowest BCUT2D eigenvalue weighted by Crippen LogP contribution is -2.02. The monoisotopic (exact) mass is 311 g/mol. The molecule has 0 aromatic carbocycles. The number of aromatic nitrogens is 1. The van der Waals surface area contributed by atoms with Gasteiger partial charge in [-0.15, -0.1) is 0 Å². The Morgan fingerprint density at radius 1 is 1.00 bits per heavy atom. The number of rotatable bonds is 10. The van der Waals surface area contributed by atoms with Gasteiger partial charge in [0.05, 0.1) is 0 Å². The van der Waals surface area contributed by atoms with Crippen LogP contribution in [0.15, 0.2) is 24.5 Å². The van der Waals surface area contributed by atoms with E-state index in [1.165, 1.54) is 56.9 Å². The third-order valence-corrected chi connectivity index (χ3v) is 4.11. The molecule has 0 saturated heterocycles. The maximum Gasteiger partial charge on any atom is 0.0270 e. The Kier molecular flexibility index (Phi) is 9.19. The van der Waals surface area contributed by atoms with E-state index in [-0.39, 0.29) is 0 Å². The normalized spacial score (nSPS) is 12.6. The van der Waals surface area contributed by atoms with Crippen LogP contribution in [0.4, 0.5) is 0 Å². The van der Waals surface area contributed by atoms with Crippen molar-refractivity contribution in [2.45, 2.75) is 69.5 Å². The number of pyridine rings is 1. The van der Waals surface area contributed by atoms with Crippen LogP contribution in [0.5, 0.6) is 0 Å². The van der Waals surface area contributed by atoms with Crippen LogP contribution in [0, 0.1) is 0 Å². The van der Waals surface area contributed by atoms with Crippen LogP contribution in [0.2, 0.25) is 0 Å². The third-order valence-electron chi connectivity index (χ3n) is 3.33. The van der Waals surface area contributed by atoms with Gasteiger partial charge in [0.1, 0.15) is 0 Å². The van der Waals surface area contributed by atoms with Crippen molar-refractivity contribution in [1.29, 1.82) is 0 Å². The summed E-state index contributed by atoms with van der Waals surface area (Å²) in [5.41, 5.74) is 1.38. The molecule has 1 aromatic heterocycles. The molecule has 0 aliphatic heterocycles. The van der Waals surface area contributed by atoms with Crippen molar-refractivity contribution in [3.05, 3.63) is 30.1 Å². The largest absolute Gasteiger partial charge is 0.265 e. The first-order valence-corrected chi connectivity index (χ1v) is 8.27. The Balaban J connectivity index is 1.99. The van der Waals surface area contributed by atoms with Crippen molar-refractivity contribution < 1.29 is 0 Å². The van der Waals surface area contributed by atoms with Crippen LogP contribution in [0.25, 0.3) is 0 Å². The fourth-order valence-corrected chi connectivity index (χ4v) is 2.90. The molecule has 0 saturated carbocycles. The van der Waals surface area contributed by atoms with Gasteiger partial charge >= 0.3 is 0 Å². The van der Waals surface area contributed by atoms with E-state index in [1.54, 1.807) is 0 Å². The van der Waals surface area contributed by atoms with E-state index >= 15 is 0 Å². The second kappa shape index (κ2) is 10.5. The summed E-state index contributed by atoms with van der Waals surface area (Å²) >= 11 is 3.79. The quantitative estimate of drug-likeness (QED) is 0.409. The van der Waals surface area contributed by atoms with Crippen molar-refractivity contribution in [3.63, 3.8) is 0 Å². The van der Waals surface area contributed by atoms with Crippen LogP contribution < -0.4 is 0 Å². The topological polar surface area (TPSA) is 12.9 Å². The highest BCUT2D eigenvalue weighted by Crippen LogP contribution is 2.17. The highest BCUT2D eigenvalue weighted by Gasteiger charge is 2.04. The van der Waals surface area contributed by atoms with Gasteiger partial charge in [-0.25, -0.2) is 0 Å². The van der Waals surface area contributed by atoms with Crippen LogP contribution in [-0.2, 0) is 6.42 Å². The van der Waals surface area contributed by atoms with Gasteiger partial charge in [-0.05, 0) is 30.5 Å². The Bertz CT molecular complexity index is 286. The fraction of sp³-hybridized carbons (Fsp3) is 0.688. The summed E-state index contributed by atoms with van der Waals surface area (Å²) in [6.07, 6.45) is 15.9. The summed E-state index contributed by atoms with van der Waals surface area (Å²) in [7, 11) is 0. The minimum absolute atomic E-state index is 0.621. The van der Waals surface area contributed by atoms with E-state index in [0.29, 0.717) is 4.83 Å². The minimum atomic E-state index is 0.621. The smallest absolute Gasteiger partial charge is 0.0270 e. The average molecular weight is 312 g/mol. The summed E-state index contributed by atoms with van der Waals surface area (Å²) in [6, 6.07) is 4.22. The number of nitrogens with zero attached hydrogens (tertiary/aromatic N) is 1. The highest BCUT2D eigenvalue weighted by atomic mass is 79.9. The SMILES string of the molecule is CCCCCCCCCC(Br)Cc1ccncc1. The first kappa shape index (κ1) is 15.7. The van der Waals surface area contributed by atoms with E-state index in [9.17, 15) is 0 Å². The molecule has 0 radical (unpaired) electrons. The van der Waals surface area contributed by atoms with Gasteiger partial charge < -0.3 is 0 Å². The number of hydrogen-bond acceptors (Lipinski definition) is 1. The summed E-state index contributed by atoms with van der Waals surface area (Å²) in [6.45, 7) is 2.27. The van der Waals surface area contributed by atoms with Crippen LogP contribution >= 0.6 is 15.9 Å². The average Bonchev–Trinajstić information content (AvgIpc) is 2.39. The Hall–Kier alpha value is -0.370. The molecule has 1 rings (SSSR count). The molecule has 1 heterocycles. The van der Waals surface area contributed by atoms with Gasteiger partial charge in [0.2, 0.25) is 0 Å². The zero-order valence-electron chi connectivity index (χ0n) is 11.6. The second-order valence-electron chi connectivity index (χ2n) is 5.07. The molecule has 0 bridgehead atoms. The maximum atomic E-state index is 4.05. The zero-order chi connectivity index (χ0) is 13.1. The highest BCUT2D eigenvalue weighted by molar-refractivity contribution is 9.09. The Morgan fingerprint density at radius 2 is 1.61 bits per heavy atom. The molecule has 0 N–H and O–H groups in total. The number of halogens is 1. The standard InChI is InChI=1S/C16H26BrN/c1-2-3-4-5-6-7-8-9-16(17)14-15-10-12-18-13-11-15/h10-13,16H,2-9,14H2,1H3. The third kappa shape index (κ3) is 7.86. The van der Waals surface area contributed by atoms with Gasteiger partial charge in [0, 0.05) is 17.2 Å². The van der Waals surface area contributed by atoms with Gasteiger partial charge in [0.25, 0.3) is 0 Å². The predicted octanol–water partition coefficient (Wildman–Crippen LogP) is 5.53. The van der Waals surface area contributed by atoms with Crippen LogP contribution in [0.1, 0.15) is 63.9 Å². The Morgan fingerprint density at radius 3 is 2.28 bits per heavy atom. The second-order valence-corrected chi connectivity index (χ2v) is 6.36. The van der Waals surface area contributed by atoms with Crippen LogP contribution in [-0.4, -0.2) is 9.81 Å². The van der Waals surface area contributed by atoms with Crippen molar-refractivity contribution in [2.75, 3.05) is 0 Å². The molecule has 0 aliphatic carbocycles. The molecule has 0 fully saturated rings. The number of unbranched alkanes of at least 4 members (excludes halogenated alkanes) is 6. The van der Waals surface area contributed by atoms with E-state index in [1.807, 2.05) is 12.4 Å². The Labute approximate surface area is 121 Å². The van der Waals surface area contributed by atoms with E-state index < -0.39 is 0 Å². The molecular weight excluding hydrogens is 286 g/mol.